The van der Waals surface area contributed by atoms with Crippen LogP contribution >= 0.6 is 0 Å². The van der Waals surface area contributed by atoms with Crippen LogP contribution in [0.1, 0.15) is 5.56 Å². The van der Waals surface area contributed by atoms with E-state index in [2.05, 4.69) is 4.98 Å². The molecule has 11 heavy (non-hydrogen) atoms. The Morgan fingerprint density at radius 3 is 2.91 bits per heavy atom. The Kier molecular flexibility index (Phi) is 2.28. The van der Waals surface area contributed by atoms with Crippen molar-refractivity contribution in [3.05, 3.63) is 17.8 Å². The predicted molar refractivity (Wildman–Crippen MR) is 41.1 cm³/mol. The molecule has 0 aliphatic rings. The van der Waals surface area contributed by atoms with Crippen molar-refractivity contribution >= 4 is 5.69 Å². The van der Waals surface area contributed by atoms with Crippen molar-refractivity contribution in [3.8, 4) is 5.88 Å². The molecule has 0 saturated heterocycles. The summed E-state index contributed by atoms with van der Waals surface area (Å²) in [5, 5.41) is 8.72. The van der Waals surface area contributed by atoms with Crippen LogP contribution in [0.5, 0.6) is 5.88 Å². The first-order chi connectivity index (χ1) is 5.27. The van der Waals surface area contributed by atoms with E-state index >= 15 is 0 Å². The fourth-order valence-electron chi connectivity index (χ4n) is 0.723. The molecule has 0 bridgehead atoms. The third-order valence-electron chi connectivity index (χ3n) is 1.38. The second-order valence-corrected chi connectivity index (χ2v) is 2.08. The molecule has 1 aromatic heterocycles. The van der Waals surface area contributed by atoms with Crippen LogP contribution in [0, 0.1) is 0 Å². The average molecular weight is 154 g/mol. The van der Waals surface area contributed by atoms with Gasteiger partial charge in [-0.1, -0.05) is 0 Å². The number of nitrogens with two attached hydrogens (primary N) is 1. The zero-order chi connectivity index (χ0) is 8.27. The molecule has 1 rings (SSSR count). The van der Waals surface area contributed by atoms with E-state index in [1.54, 1.807) is 6.07 Å². The van der Waals surface area contributed by atoms with Crippen molar-refractivity contribution in [2.24, 2.45) is 0 Å². The number of pyridine rings is 1. The van der Waals surface area contributed by atoms with Gasteiger partial charge in [-0.05, 0) is 0 Å². The van der Waals surface area contributed by atoms with Gasteiger partial charge in [0, 0.05) is 23.5 Å². The number of aromatic nitrogens is 1. The molecule has 0 fully saturated rings. The number of hydrogen-bond donors (Lipinski definition) is 2. The van der Waals surface area contributed by atoms with Gasteiger partial charge in [-0.15, -0.1) is 0 Å². The summed E-state index contributed by atoms with van der Waals surface area (Å²) in [6.45, 7) is -0.0944. The second-order valence-electron chi connectivity index (χ2n) is 2.08. The Hall–Kier alpha value is -1.29. The van der Waals surface area contributed by atoms with Crippen LogP contribution in [0.3, 0.4) is 0 Å². The van der Waals surface area contributed by atoms with E-state index < -0.39 is 0 Å². The summed E-state index contributed by atoms with van der Waals surface area (Å²) in [6.07, 6.45) is 1.49. The smallest absolute Gasteiger partial charge is 0.214 e. The summed E-state index contributed by atoms with van der Waals surface area (Å²) in [6, 6.07) is 1.57. The summed E-state index contributed by atoms with van der Waals surface area (Å²) < 4.78 is 4.82. The Morgan fingerprint density at radius 1 is 1.73 bits per heavy atom. The quantitative estimate of drug-likeness (QED) is 0.637. The SMILES string of the molecule is COc1cc(N)c(CO)cn1. The molecule has 0 unspecified atom stereocenters. The summed E-state index contributed by atoms with van der Waals surface area (Å²) in [4.78, 5) is 3.87. The molecule has 1 heterocycles. The van der Waals surface area contributed by atoms with E-state index in [1.165, 1.54) is 13.3 Å². The Morgan fingerprint density at radius 2 is 2.45 bits per heavy atom. The maximum absolute atomic E-state index is 8.72. The molecule has 3 N–H and O–H groups in total. The zero-order valence-electron chi connectivity index (χ0n) is 6.24. The van der Waals surface area contributed by atoms with Crippen LogP contribution in [0.15, 0.2) is 12.3 Å². The first-order valence-electron chi connectivity index (χ1n) is 3.17. The average Bonchev–Trinajstić information content (AvgIpc) is 2.04. The zero-order valence-corrected chi connectivity index (χ0v) is 6.24. The molecular weight excluding hydrogens is 144 g/mol. The lowest BCUT2D eigenvalue weighted by Gasteiger charge is -2.02. The first-order valence-corrected chi connectivity index (χ1v) is 3.17. The normalized spacial score (nSPS) is 9.64. The van der Waals surface area contributed by atoms with Crippen LogP contribution in [-0.2, 0) is 6.61 Å². The summed E-state index contributed by atoms with van der Waals surface area (Å²) in [5.74, 6) is 0.458. The highest BCUT2D eigenvalue weighted by atomic mass is 16.5. The first kappa shape index (κ1) is 7.81. The lowest BCUT2D eigenvalue weighted by atomic mass is 10.2. The van der Waals surface area contributed by atoms with Gasteiger partial charge in [0.25, 0.3) is 0 Å². The number of methoxy groups -OCH3 is 1. The van der Waals surface area contributed by atoms with Crippen LogP contribution < -0.4 is 10.5 Å². The predicted octanol–water partition coefficient (Wildman–Crippen LogP) is 0.165. The topological polar surface area (TPSA) is 68.4 Å². The van der Waals surface area contributed by atoms with Gasteiger partial charge >= 0.3 is 0 Å². The van der Waals surface area contributed by atoms with Crippen molar-refractivity contribution < 1.29 is 9.84 Å². The number of aliphatic hydroxyl groups is 1. The third kappa shape index (κ3) is 1.59. The number of ether oxygens (including phenoxy) is 1. The highest BCUT2D eigenvalue weighted by Crippen LogP contribution is 2.15. The monoisotopic (exact) mass is 154 g/mol. The third-order valence-corrected chi connectivity index (χ3v) is 1.38. The van der Waals surface area contributed by atoms with Gasteiger partial charge in [0.1, 0.15) is 0 Å². The molecule has 4 heteroatoms. The van der Waals surface area contributed by atoms with Gasteiger partial charge < -0.3 is 15.6 Å². The number of anilines is 1. The lowest BCUT2D eigenvalue weighted by molar-refractivity contribution is 0.281. The highest BCUT2D eigenvalue weighted by Gasteiger charge is 1.99. The van der Waals surface area contributed by atoms with E-state index in [0.717, 1.165) is 0 Å². The van der Waals surface area contributed by atoms with Crippen LogP contribution in [-0.4, -0.2) is 17.2 Å². The van der Waals surface area contributed by atoms with E-state index in [4.69, 9.17) is 15.6 Å². The van der Waals surface area contributed by atoms with Gasteiger partial charge in [-0.2, -0.15) is 0 Å². The molecule has 0 aliphatic heterocycles. The van der Waals surface area contributed by atoms with Crippen LogP contribution in [0.2, 0.25) is 0 Å². The van der Waals surface area contributed by atoms with Crippen LogP contribution in [0.25, 0.3) is 0 Å². The largest absolute Gasteiger partial charge is 0.481 e. The summed E-state index contributed by atoms with van der Waals surface area (Å²) in [5.41, 5.74) is 6.64. The van der Waals surface area contributed by atoms with Crippen LogP contribution in [0.4, 0.5) is 5.69 Å². The number of hydrogen-bond acceptors (Lipinski definition) is 4. The maximum atomic E-state index is 8.72. The summed E-state index contributed by atoms with van der Waals surface area (Å²) >= 11 is 0. The number of nitrogens with zero attached hydrogens (tertiary/aromatic N) is 1. The minimum Gasteiger partial charge on any atom is -0.481 e. The van der Waals surface area contributed by atoms with Gasteiger partial charge in [0.15, 0.2) is 0 Å². The molecule has 0 saturated carbocycles. The number of aliphatic hydroxyl groups excluding tert-OH is 1. The Labute approximate surface area is 64.6 Å². The fourth-order valence-corrected chi connectivity index (χ4v) is 0.723. The Balaban J connectivity index is 2.99. The lowest BCUT2D eigenvalue weighted by Crippen LogP contribution is -1.97. The Bertz CT molecular complexity index is 250. The molecule has 0 spiro atoms. The minimum atomic E-state index is -0.0944. The van der Waals surface area contributed by atoms with Gasteiger partial charge in [-0.3, -0.25) is 0 Å². The number of nitrogen functional groups attached to an aromatic ring is 1. The van der Waals surface area contributed by atoms with E-state index in [9.17, 15) is 0 Å². The number of rotatable bonds is 2. The molecule has 0 aliphatic carbocycles. The van der Waals surface area contributed by atoms with Crippen molar-refractivity contribution in [1.82, 2.24) is 4.98 Å². The van der Waals surface area contributed by atoms with E-state index in [0.29, 0.717) is 17.1 Å². The van der Waals surface area contributed by atoms with Gasteiger partial charge in [0.2, 0.25) is 5.88 Å². The van der Waals surface area contributed by atoms with Crippen molar-refractivity contribution in [2.45, 2.75) is 6.61 Å². The molecule has 0 amide bonds. The van der Waals surface area contributed by atoms with Gasteiger partial charge in [-0.25, -0.2) is 4.98 Å². The molecule has 1 aromatic rings. The highest BCUT2D eigenvalue weighted by molar-refractivity contribution is 5.47. The molecule has 60 valence electrons. The van der Waals surface area contributed by atoms with E-state index in [1.807, 2.05) is 0 Å². The molecular formula is C7H10N2O2. The molecule has 0 atom stereocenters. The molecule has 0 radical (unpaired) electrons. The standard InChI is InChI=1S/C7H10N2O2/c1-11-7-2-6(8)5(4-10)3-9-7/h2-3,10H,4H2,1H3,(H2,8,9). The van der Waals surface area contributed by atoms with Crippen molar-refractivity contribution in [2.75, 3.05) is 12.8 Å². The molecule has 0 aromatic carbocycles. The maximum Gasteiger partial charge on any atom is 0.214 e. The molecule has 4 nitrogen and oxygen atoms in total. The van der Waals surface area contributed by atoms with E-state index in [-0.39, 0.29) is 6.61 Å². The second kappa shape index (κ2) is 3.21. The minimum absolute atomic E-state index is 0.0944. The van der Waals surface area contributed by atoms with Crippen molar-refractivity contribution in [1.29, 1.82) is 0 Å². The fraction of sp³-hybridized carbons (Fsp3) is 0.286. The van der Waals surface area contributed by atoms with Gasteiger partial charge in [0.05, 0.1) is 13.7 Å². The van der Waals surface area contributed by atoms with Crippen molar-refractivity contribution in [3.63, 3.8) is 0 Å². The summed E-state index contributed by atoms with van der Waals surface area (Å²) in [7, 11) is 1.51.